The molecule has 0 aliphatic carbocycles. The summed E-state index contributed by atoms with van der Waals surface area (Å²) in [4.78, 5) is 17.4. The van der Waals surface area contributed by atoms with E-state index in [-0.39, 0.29) is 6.10 Å². The Kier molecular flexibility index (Phi) is 3.87. The Balaban J connectivity index is 1.41. The molecule has 0 spiro atoms. The Bertz CT molecular complexity index is 909. The van der Waals surface area contributed by atoms with Gasteiger partial charge in [-0.05, 0) is 18.6 Å². The number of aromatic amines is 1. The highest BCUT2D eigenvalue weighted by molar-refractivity contribution is 5.87. The fourth-order valence-electron chi connectivity index (χ4n) is 4.22. The summed E-state index contributed by atoms with van der Waals surface area (Å²) in [5.74, 6) is 1.82. The van der Waals surface area contributed by atoms with Crippen LogP contribution in [0.5, 0.6) is 0 Å². The van der Waals surface area contributed by atoms with Crippen LogP contribution in [0.15, 0.2) is 42.6 Å². The molecule has 0 saturated carbocycles. The summed E-state index contributed by atoms with van der Waals surface area (Å²) in [6.45, 7) is 6.52. The average Bonchev–Trinajstić information content (AvgIpc) is 3.29. The van der Waals surface area contributed by atoms with Crippen LogP contribution < -0.4 is 4.90 Å². The van der Waals surface area contributed by atoms with Crippen LogP contribution in [0.1, 0.15) is 11.4 Å². The van der Waals surface area contributed by atoms with Crippen LogP contribution in [0.2, 0.25) is 0 Å². The third-order valence-corrected chi connectivity index (χ3v) is 5.45. The first-order valence-electron chi connectivity index (χ1n) is 9.24. The van der Waals surface area contributed by atoms with Gasteiger partial charge in [0.1, 0.15) is 17.3 Å². The first kappa shape index (κ1) is 15.8. The van der Waals surface area contributed by atoms with Crippen molar-refractivity contribution >= 4 is 16.9 Å². The lowest BCUT2D eigenvalue weighted by Gasteiger charge is -2.36. The standard InChI is InChI=1S/C20H23N5O/c1-14-22-19-16(7-8-21-19)20(23-14)25-12-17-18(13-25)26-10-9-24(17)11-15-5-3-2-4-6-15/h2-8,17-18H,9-13H2,1H3,(H,21,22,23)/t17-,18+/m1/s1. The van der Waals surface area contributed by atoms with Crippen molar-refractivity contribution in [2.24, 2.45) is 0 Å². The molecule has 4 heterocycles. The summed E-state index contributed by atoms with van der Waals surface area (Å²) in [5, 5.41) is 1.09. The second-order valence-electron chi connectivity index (χ2n) is 7.17. The number of nitrogens with zero attached hydrogens (tertiary/aromatic N) is 4. The van der Waals surface area contributed by atoms with Crippen LogP contribution >= 0.6 is 0 Å². The Hall–Kier alpha value is -2.44. The maximum absolute atomic E-state index is 6.11. The second kappa shape index (κ2) is 6.37. The van der Waals surface area contributed by atoms with E-state index >= 15 is 0 Å². The molecular formula is C20H23N5O. The number of fused-ring (bicyclic) bond motifs is 2. The number of hydrogen-bond donors (Lipinski definition) is 1. The highest BCUT2D eigenvalue weighted by Gasteiger charge is 2.41. The molecule has 134 valence electrons. The molecule has 26 heavy (non-hydrogen) atoms. The predicted octanol–water partition coefficient (Wildman–Crippen LogP) is 2.36. The van der Waals surface area contributed by atoms with Gasteiger partial charge in [0.15, 0.2) is 0 Å². The van der Waals surface area contributed by atoms with Crippen molar-refractivity contribution in [2.45, 2.75) is 25.6 Å². The summed E-state index contributed by atoms with van der Waals surface area (Å²) < 4.78 is 6.11. The van der Waals surface area contributed by atoms with E-state index in [2.05, 4.69) is 56.2 Å². The molecular weight excluding hydrogens is 326 g/mol. The lowest BCUT2D eigenvalue weighted by atomic mass is 10.1. The van der Waals surface area contributed by atoms with Crippen molar-refractivity contribution in [3.05, 3.63) is 54.0 Å². The molecule has 2 saturated heterocycles. The number of ether oxygens (including phenoxy) is 1. The summed E-state index contributed by atoms with van der Waals surface area (Å²) >= 11 is 0. The van der Waals surface area contributed by atoms with Crippen molar-refractivity contribution in [1.82, 2.24) is 19.9 Å². The van der Waals surface area contributed by atoms with Gasteiger partial charge in [-0.1, -0.05) is 30.3 Å². The van der Waals surface area contributed by atoms with E-state index < -0.39 is 0 Å². The number of hydrogen-bond acceptors (Lipinski definition) is 5. The minimum Gasteiger partial charge on any atom is -0.373 e. The van der Waals surface area contributed by atoms with Gasteiger partial charge in [-0.2, -0.15) is 0 Å². The zero-order valence-electron chi connectivity index (χ0n) is 14.9. The summed E-state index contributed by atoms with van der Waals surface area (Å²) in [6.07, 6.45) is 2.17. The van der Waals surface area contributed by atoms with E-state index in [1.807, 2.05) is 13.1 Å². The van der Waals surface area contributed by atoms with E-state index in [0.29, 0.717) is 6.04 Å². The summed E-state index contributed by atoms with van der Waals surface area (Å²) in [5.41, 5.74) is 2.27. The molecule has 0 radical (unpaired) electrons. The van der Waals surface area contributed by atoms with Gasteiger partial charge in [-0.25, -0.2) is 9.97 Å². The fourth-order valence-corrected chi connectivity index (χ4v) is 4.22. The number of nitrogens with one attached hydrogen (secondary N) is 1. The van der Waals surface area contributed by atoms with Gasteiger partial charge in [-0.15, -0.1) is 0 Å². The second-order valence-corrected chi connectivity index (χ2v) is 7.17. The molecule has 2 atom stereocenters. The van der Waals surface area contributed by atoms with E-state index in [1.54, 1.807) is 0 Å². The molecule has 0 bridgehead atoms. The van der Waals surface area contributed by atoms with Crippen molar-refractivity contribution in [2.75, 3.05) is 31.1 Å². The normalized spacial score (nSPS) is 23.5. The van der Waals surface area contributed by atoms with E-state index in [1.165, 1.54) is 5.56 Å². The van der Waals surface area contributed by atoms with E-state index in [9.17, 15) is 0 Å². The average molecular weight is 349 g/mol. The molecule has 1 aromatic carbocycles. The molecule has 2 aromatic heterocycles. The zero-order chi connectivity index (χ0) is 17.5. The fraction of sp³-hybridized carbons (Fsp3) is 0.400. The number of H-pyrrole nitrogens is 1. The minimum atomic E-state index is 0.233. The van der Waals surface area contributed by atoms with Crippen molar-refractivity contribution in [3.8, 4) is 0 Å². The van der Waals surface area contributed by atoms with Crippen LogP contribution in [0.3, 0.4) is 0 Å². The molecule has 0 unspecified atom stereocenters. The number of aryl methyl sites for hydroxylation is 1. The van der Waals surface area contributed by atoms with Crippen LogP contribution in [-0.2, 0) is 11.3 Å². The number of rotatable bonds is 3. The predicted molar refractivity (Wildman–Crippen MR) is 101 cm³/mol. The van der Waals surface area contributed by atoms with Gasteiger partial charge < -0.3 is 14.6 Å². The monoisotopic (exact) mass is 349 g/mol. The van der Waals surface area contributed by atoms with Crippen molar-refractivity contribution < 1.29 is 4.74 Å². The molecule has 5 rings (SSSR count). The number of aromatic nitrogens is 3. The van der Waals surface area contributed by atoms with Gasteiger partial charge in [-0.3, -0.25) is 4.90 Å². The van der Waals surface area contributed by atoms with Crippen LogP contribution in [0.4, 0.5) is 5.82 Å². The maximum Gasteiger partial charge on any atom is 0.143 e. The number of anilines is 1. The topological polar surface area (TPSA) is 57.3 Å². The highest BCUT2D eigenvalue weighted by atomic mass is 16.5. The largest absolute Gasteiger partial charge is 0.373 e. The van der Waals surface area contributed by atoms with E-state index in [4.69, 9.17) is 9.72 Å². The third kappa shape index (κ3) is 2.75. The quantitative estimate of drug-likeness (QED) is 0.787. The summed E-state index contributed by atoms with van der Waals surface area (Å²) in [6, 6.07) is 13.2. The number of morpholine rings is 1. The van der Waals surface area contributed by atoms with Gasteiger partial charge in [0.2, 0.25) is 0 Å². The van der Waals surface area contributed by atoms with Gasteiger partial charge >= 0.3 is 0 Å². The Morgan fingerprint density at radius 1 is 1.15 bits per heavy atom. The first-order valence-corrected chi connectivity index (χ1v) is 9.24. The van der Waals surface area contributed by atoms with Gasteiger partial charge in [0, 0.05) is 32.4 Å². The third-order valence-electron chi connectivity index (χ3n) is 5.45. The lowest BCUT2D eigenvalue weighted by Crippen LogP contribution is -2.50. The van der Waals surface area contributed by atoms with Crippen molar-refractivity contribution in [1.29, 1.82) is 0 Å². The molecule has 2 fully saturated rings. The van der Waals surface area contributed by atoms with Gasteiger partial charge in [0.05, 0.1) is 24.1 Å². The minimum absolute atomic E-state index is 0.233. The molecule has 0 amide bonds. The highest BCUT2D eigenvalue weighted by Crippen LogP contribution is 2.31. The SMILES string of the molecule is Cc1nc(N2C[C@@H]3OCCN(Cc4ccccc4)[C@@H]3C2)c2cc[nH]c2n1. The Morgan fingerprint density at radius 3 is 2.92 bits per heavy atom. The van der Waals surface area contributed by atoms with Crippen LogP contribution in [-0.4, -0.2) is 58.2 Å². The molecule has 3 aromatic rings. The lowest BCUT2D eigenvalue weighted by molar-refractivity contribution is -0.0499. The molecule has 6 nitrogen and oxygen atoms in total. The van der Waals surface area contributed by atoms with E-state index in [0.717, 1.165) is 55.5 Å². The number of benzene rings is 1. The maximum atomic E-state index is 6.11. The van der Waals surface area contributed by atoms with Crippen molar-refractivity contribution in [3.63, 3.8) is 0 Å². The molecule has 6 heteroatoms. The van der Waals surface area contributed by atoms with Gasteiger partial charge in [0.25, 0.3) is 0 Å². The van der Waals surface area contributed by atoms with Crippen LogP contribution in [0.25, 0.3) is 11.0 Å². The first-order chi connectivity index (χ1) is 12.8. The van der Waals surface area contributed by atoms with Crippen LogP contribution in [0, 0.1) is 6.92 Å². The summed E-state index contributed by atoms with van der Waals surface area (Å²) in [7, 11) is 0. The molecule has 2 aliphatic heterocycles. The molecule has 1 N–H and O–H groups in total. The Labute approximate surface area is 152 Å². The Morgan fingerprint density at radius 2 is 2.04 bits per heavy atom. The molecule has 2 aliphatic rings. The smallest absolute Gasteiger partial charge is 0.143 e. The zero-order valence-corrected chi connectivity index (χ0v) is 14.9.